The first-order valence-corrected chi connectivity index (χ1v) is 7.29. The smallest absolute Gasteiger partial charge is 0.310 e. The molecule has 114 valence electrons. The van der Waals surface area contributed by atoms with Gasteiger partial charge in [-0.15, -0.1) is 0 Å². The van der Waals surface area contributed by atoms with Crippen molar-refractivity contribution in [3.63, 3.8) is 0 Å². The van der Waals surface area contributed by atoms with Crippen LogP contribution in [0.1, 0.15) is 59.8 Å². The maximum atomic E-state index is 12.2. The molecule has 0 aromatic heterocycles. The second kappa shape index (κ2) is 4.72. The van der Waals surface area contributed by atoms with E-state index in [9.17, 15) is 14.7 Å². The van der Waals surface area contributed by atoms with Crippen LogP contribution >= 0.6 is 0 Å². The molecule has 2 fully saturated rings. The Hall–Kier alpha value is -1.10. The average Bonchev–Trinajstić information content (AvgIpc) is 2.39. The number of carbonyl (C=O) groups is 2. The number of hydrogen-bond donors (Lipinski definition) is 2. The number of ether oxygens (including phenoxy) is 1. The first kappa shape index (κ1) is 15.3. The third kappa shape index (κ3) is 2.82. The average molecular weight is 283 g/mol. The molecule has 0 bridgehead atoms. The molecule has 1 atom stereocenters. The molecule has 1 saturated heterocycles. The zero-order valence-electron chi connectivity index (χ0n) is 12.8. The summed E-state index contributed by atoms with van der Waals surface area (Å²) in [5.74, 6) is -1.02. The van der Waals surface area contributed by atoms with Gasteiger partial charge in [-0.2, -0.15) is 0 Å². The lowest BCUT2D eigenvalue weighted by atomic mass is 9.66. The van der Waals surface area contributed by atoms with Gasteiger partial charge in [0.25, 0.3) is 0 Å². The second-order valence-corrected chi connectivity index (χ2v) is 7.41. The first-order valence-electron chi connectivity index (χ1n) is 7.29. The molecule has 1 aliphatic heterocycles. The van der Waals surface area contributed by atoms with E-state index in [-0.39, 0.29) is 24.0 Å². The highest BCUT2D eigenvalue weighted by Crippen LogP contribution is 2.44. The van der Waals surface area contributed by atoms with E-state index in [1.165, 1.54) is 0 Å². The van der Waals surface area contributed by atoms with Gasteiger partial charge in [0.05, 0.1) is 22.7 Å². The molecule has 0 aromatic carbocycles. The monoisotopic (exact) mass is 283 g/mol. The number of hydrogen-bond acceptors (Lipinski definition) is 3. The number of carboxylic acids is 1. The molecule has 0 spiro atoms. The van der Waals surface area contributed by atoms with Gasteiger partial charge in [-0.3, -0.25) is 9.59 Å². The van der Waals surface area contributed by atoms with Gasteiger partial charge in [-0.1, -0.05) is 6.42 Å². The van der Waals surface area contributed by atoms with Crippen molar-refractivity contribution in [1.82, 2.24) is 5.32 Å². The van der Waals surface area contributed by atoms with Crippen molar-refractivity contribution in [2.45, 2.75) is 77.0 Å². The lowest BCUT2D eigenvalue weighted by Gasteiger charge is -2.37. The Morgan fingerprint density at radius 1 is 1.25 bits per heavy atom. The van der Waals surface area contributed by atoms with E-state index in [1.54, 1.807) is 0 Å². The van der Waals surface area contributed by atoms with Crippen molar-refractivity contribution in [2.75, 3.05) is 0 Å². The van der Waals surface area contributed by atoms with E-state index in [2.05, 4.69) is 5.32 Å². The van der Waals surface area contributed by atoms with Crippen molar-refractivity contribution in [3.8, 4) is 0 Å². The summed E-state index contributed by atoms with van der Waals surface area (Å²) >= 11 is 0. The molecule has 1 amide bonds. The fourth-order valence-electron chi connectivity index (χ4n) is 3.41. The zero-order chi connectivity index (χ0) is 15.2. The third-order valence-corrected chi connectivity index (χ3v) is 4.67. The van der Waals surface area contributed by atoms with E-state index < -0.39 is 17.0 Å². The summed E-state index contributed by atoms with van der Waals surface area (Å²) in [5.41, 5.74) is -1.51. The summed E-state index contributed by atoms with van der Waals surface area (Å²) in [6.45, 7) is 7.93. The second-order valence-electron chi connectivity index (χ2n) is 7.41. The Labute approximate surface area is 120 Å². The highest BCUT2D eigenvalue weighted by Gasteiger charge is 2.49. The molecule has 2 rings (SSSR count). The van der Waals surface area contributed by atoms with Crippen LogP contribution in [0.5, 0.6) is 0 Å². The SMILES string of the molecule is CC1(C)CC(NC(=O)CC2(C(=O)O)CCC2)C(C)(C)O1. The molecule has 5 nitrogen and oxygen atoms in total. The van der Waals surface area contributed by atoms with Gasteiger partial charge >= 0.3 is 5.97 Å². The predicted octanol–water partition coefficient (Wildman–Crippen LogP) is 2.09. The fraction of sp³-hybridized carbons (Fsp3) is 0.867. The number of amides is 1. The summed E-state index contributed by atoms with van der Waals surface area (Å²) in [5, 5.41) is 12.3. The molecular weight excluding hydrogens is 258 g/mol. The van der Waals surface area contributed by atoms with E-state index in [1.807, 2.05) is 27.7 Å². The largest absolute Gasteiger partial charge is 0.481 e. The fourth-order valence-corrected chi connectivity index (χ4v) is 3.41. The normalized spacial score (nSPS) is 29.5. The van der Waals surface area contributed by atoms with Crippen molar-refractivity contribution in [3.05, 3.63) is 0 Å². The van der Waals surface area contributed by atoms with Crippen molar-refractivity contribution in [2.24, 2.45) is 5.41 Å². The van der Waals surface area contributed by atoms with Crippen LogP contribution in [0.2, 0.25) is 0 Å². The molecule has 5 heteroatoms. The number of carboxylic acid groups (broad SMARTS) is 1. The van der Waals surface area contributed by atoms with E-state index in [0.717, 1.165) is 12.8 Å². The molecule has 0 aromatic rings. The summed E-state index contributed by atoms with van der Waals surface area (Å²) in [4.78, 5) is 23.5. The lowest BCUT2D eigenvalue weighted by Crippen LogP contribution is -2.49. The lowest BCUT2D eigenvalue weighted by molar-refractivity contribution is -0.157. The standard InChI is InChI=1S/C15H25NO4/c1-13(2)8-10(14(3,4)20-13)16-11(17)9-15(12(18)19)6-5-7-15/h10H,5-9H2,1-4H3,(H,16,17)(H,18,19). The zero-order valence-corrected chi connectivity index (χ0v) is 12.8. The molecule has 1 saturated carbocycles. The van der Waals surface area contributed by atoms with Gasteiger partial charge < -0.3 is 15.2 Å². The number of aliphatic carboxylic acids is 1. The Balaban J connectivity index is 1.97. The molecule has 1 unspecified atom stereocenters. The summed E-state index contributed by atoms with van der Waals surface area (Å²) in [6.07, 6.45) is 2.92. The predicted molar refractivity (Wildman–Crippen MR) is 74.3 cm³/mol. The van der Waals surface area contributed by atoms with Gasteiger partial charge in [0.1, 0.15) is 0 Å². The summed E-state index contributed by atoms with van der Waals surface area (Å²) in [6, 6.07) is -0.0732. The van der Waals surface area contributed by atoms with Crippen LogP contribution in [0.25, 0.3) is 0 Å². The Bertz CT molecular complexity index is 424. The topological polar surface area (TPSA) is 75.6 Å². The van der Waals surface area contributed by atoms with Gasteiger partial charge in [-0.05, 0) is 47.0 Å². The maximum Gasteiger partial charge on any atom is 0.310 e. The minimum Gasteiger partial charge on any atom is -0.481 e. The van der Waals surface area contributed by atoms with Crippen LogP contribution in [-0.2, 0) is 14.3 Å². The summed E-state index contributed by atoms with van der Waals surface area (Å²) < 4.78 is 5.94. The van der Waals surface area contributed by atoms with E-state index >= 15 is 0 Å². The van der Waals surface area contributed by atoms with Gasteiger partial charge in [0.2, 0.25) is 5.91 Å². The van der Waals surface area contributed by atoms with Crippen molar-refractivity contribution in [1.29, 1.82) is 0 Å². The Morgan fingerprint density at radius 3 is 2.20 bits per heavy atom. The molecular formula is C15H25NO4. The van der Waals surface area contributed by atoms with Crippen LogP contribution < -0.4 is 5.32 Å². The Kier molecular flexibility index (Phi) is 3.61. The quantitative estimate of drug-likeness (QED) is 0.828. The van der Waals surface area contributed by atoms with Crippen LogP contribution in [0.3, 0.4) is 0 Å². The minimum absolute atomic E-state index is 0.0732. The van der Waals surface area contributed by atoms with Crippen LogP contribution in [0, 0.1) is 5.41 Å². The van der Waals surface area contributed by atoms with E-state index in [4.69, 9.17) is 4.74 Å². The first-order chi connectivity index (χ1) is 9.06. The Morgan fingerprint density at radius 2 is 1.85 bits per heavy atom. The third-order valence-electron chi connectivity index (χ3n) is 4.67. The highest BCUT2D eigenvalue weighted by atomic mass is 16.5. The van der Waals surface area contributed by atoms with Crippen LogP contribution in [-0.4, -0.2) is 34.2 Å². The van der Waals surface area contributed by atoms with Crippen LogP contribution in [0.15, 0.2) is 0 Å². The molecule has 1 heterocycles. The van der Waals surface area contributed by atoms with Crippen molar-refractivity contribution >= 4 is 11.9 Å². The molecule has 1 aliphatic carbocycles. The highest BCUT2D eigenvalue weighted by molar-refractivity contribution is 5.85. The van der Waals surface area contributed by atoms with Gasteiger partial charge in [-0.25, -0.2) is 0 Å². The van der Waals surface area contributed by atoms with E-state index in [0.29, 0.717) is 12.8 Å². The summed E-state index contributed by atoms with van der Waals surface area (Å²) in [7, 11) is 0. The maximum absolute atomic E-state index is 12.2. The number of nitrogens with one attached hydrogen (secondary N) is 1. The number of rotatable bonds is 4. The molecule has 2 N–H and O–H groups in total. The molecule has 2 aliphatic rings. The number of carbonyl (C=O) groups excluding carboxylic acids is 1. The van der Waals surface area contributed by atoms with Crippen molar-refractivity contribution < 1.29 is 19.4 Å². The molecule has 20 heavy (non-hydrogen) atoms. The van der Waals surface area contributed by atoms with Crippen LogP contribution in [0.4, 0.5) is 0 Å². The van der Waals surface area contributed by atoms with Gasteiger partial charge in [0, 0.05) is 6.42 Å². The van der Waals surface area contributed by atoms with Gasteiger partial charge in [0.15, 0.2) is 0 Å². The minimum atomic E-state index is -0.846. The molecule has 0 radical (unpaired) electrons.